The van der Waals surface area contributed by atoms with Crippen LogP contribution in [0.15, 0.2) is 24.3 Å². The number of carboxylic acid groups (broad SMARTS) is 1. The molecule has 0 bridgehead atoms. The number of carboxylic acids is 1. The van der Waals surface area contributed by atoms with Crippen LogP contribution in [0.2, 0.25) is 0 Å². The summed E-state index contributed by atoms with van der Waals surface area (Å²) in [7, 11) is -1.84. The van der Waals surface area contributed by atoms with Crippen LogP contribution in [0.1, 0.15) is 12.0 Å². The monoisotopic (exact) mass is 210 g/mol. The third-order valence-electron chi connectivity index (χ3n) is 1.79. The molecule has 0 saturated carbocycles. The van der Waals surface area contributed by atoms with E-state index in [-0.39, 0.29) is 6.42 Å². The van der Waals surface area contributed by atoms with Crippen molar-refractivity contribution >= 4 is 13.3 Å². The molecule has 0 aromatic heterocycles. The maximum atomic E-state index is 10.3. The van der Waals surface area contributed by atoms with Crippen molar-refractivity contribution in [3.63, 3.8) is 0 Å². The molecular weight excluding hydrogens is 199 g/mol. The van der Waals surface area contributed by atoms with Gasteiger partial charge in [0.1, 0.15) is 5.75 Å². The first-order valence-corrected chi connectivity index (χ1v) is 4.41. The highest BCUT2D eigenvalue weighted by atomic mass is 16.6. The van der Waals surface area contributed by atoms with Gasteiger partial charge in [-0.15, -0.1) is 0 Å². The van der Waals surface area contributed by atoms with E-state index in [0.29, 0.717) is 12.2 Å². The predicted molar refractivity (Wildman–Crippen MR) is 53.2 cm³/mol. The predicted octanol–water partition coefficient (Wildman–Crippen LogP) is 0.0521. The molecule has 0 amide bonds. The number of rotatable bonds is 5. The summed E-state index contributed by atoms with van der Waals surface area (Å²) in [6.45, 7) is 0. The van der Waals surface area contributed by atoms with Crippen molar-refractivity contribution in [2.45, 2.75) is 12.8 Å². The van der Waals surface area contributed by atoms with Gasteiger partial charge >= 0.3 is 13.3 Å². The molecule has 0 fully saturated rings. The number of benzene rings is 1. The zero-order valence-corrected chi connectivity index (χ0v) is 7.96. The van der Waals surface area contributed by atoms with Crippen LogP contribution >= 0.6 is 0 Å². The van der Waals surface area contributed by atoms with E-state index in [1.165, 1.54) is 0 Å². The summed E-state index contributed by atoms with van der Waals surface area (Å²) in [5.74, 6) is -0.523. The normalized spacial score (nSPS) is 9.73. The molecule has 0 aliphatic heterocycles. The van der Waals surface area contributed by atoms with E-state index < -0.39 is 13.3 Å². The Labute approximate surface area is 87.1 Å². The Bertz CT molecular complexity index is 322. The summed E-state index contributed by atoms with van der Waals surface area (Å²) >= 11 is 0. The largest absolute Gasteiger partial charge is 0.707 e. The fourth-order valence-electron chi connectivity index (χ4n) is 1.11. The van der Waals surface area contributed by atoms with E-state index in [9.17, 15) is 4.79 Å². The molecule has 5 nitrogen and oxygen atoms in total. The number of aliphatic carboxylic acids is 1. The standard InChI is InChI=1S/C9H11BO5/c11-9(12)6-3-7-1-4-8(5-2-7)15-10(13)14/h1-2,4-5,13-14H,3,6H2,(H,11,12). The molecule has 6 heteroatoms. The quantitative estimate of drug-likeness (QED) is 0.597. The molecule has 0 spiro atoms. The van der Waals surface area contributed by atoms with Crippen molar-refractivity contribution in [1.82, 2.24) is 0 Å². The minimum atomic E-state index is -1.84. The first kappa shape index (κ1) is 11.5. The van der Waals surface area contributed by atoms with E-state index in [4.69, 9.17) is 15.2 Å². The highest BCUT2D eigenvalue weighted by Gasteiger charge is 2.10. The zero-order chi connectivity index (χ0) is 11.3. The summed E-state index contributed by atoms with van der Waals surface area (Å²) < 4.78 is 4.59. The molecule has 1 aromatic rings. The number of carbonyl (C=O) groups is 1. The van der Waals surface area contributed by atoms with E-state index in [1.54, 1.807) is 24.3 Å². The lowest BCUT2D eigenvalue weighted by Gasteiger charge is -2.05. The third kappa shape index (κ3) is 4.48. The fourth-order valence-corrected chi connectivity index (χ4v) is 1.11. The van der Waals surface area contributed by atoms with Crippen LogP contribution in [0.25, 0.3) is 0 Å². The molecule has 80 valence electrons. The van der Waals surface area contributed by atoms with Gasteiger partial charge in [-0.25, -0.2) is 0 Å². The molecule has 3 N–H and O–H groups in total. The number of hydrogen-bond acceptors (Lipinski definition) is 4. The second kappa shape index (κ2) is 5.38. The van der Waals surface area contributed by atoms with Crippen LogP contribution in [-0.2, 0) is 11.2 Å². The second-order valence-corrected chi connectivity index (χ2v) is 2.98. The van der Waals surface area contributed by atoms with Gasteiger partial charge < -0.3 is 19.8 Å². The Balaban J connectivity index is 2.52. The Kier molecular flexibility index (Phi) is 4.14. The molecule has 0 aliphatic rings. The van der Waals surface area contributed by atoms with Crippen LogP contribution in [0.5, 0.6) is 5.75 Å². The Morgan fingerprint density at radius 1 is 1.27 bits per heavy atom. The zero-order valence-electron chi connectivity index (χ0n) is 7.96. The minimum Gasteiger partial charge on any atom is -0.512 e. The van der Waals surface area contributed by atoms with Gasteiger partial charge in [0.15, 0.2) is 0 Å². The van der Waals surface area contributed by atoms with E-state index in [2.05, 4.69) is 4.65 Å². The van der Waals surface area contributed by atoms with Crippen LogP contribution in [0.4, 0.5) is 0 Å². The van der Waals surface area contributed by atoms with Gasteiger partial charge in [-0.1, -0.05) is 12.1 Å². The van der Waals surface area contributed by atoms with Gasteiger partial charge in [0.25, 0.3) is 0 Å². The highest BCUT2D eigenvalue weighted by Crippen LogP contribution is 2.13. The lowest BCUT2D eigenvalue weighted by molar-refractivity contribution is -0.136. The molecular formula is C9H11BO5. The summed E-state index contributed by atoms with van der Waals surface area (Å²) in [5, 5.41) is 25.5. The minimum absolute atomic E-state index is 0.0723. The van der Waals surface area contributed by atoms with Crippen molar-refractivity contribution < 1.29 is 24.6 Å². The topological polar surface area (TPSA) is 87.0 Å². The lowest BCUT2D eigenvalue weighted by atomic mass is 10.1. The molecule has 0 aliphatic carbocycles. The van der Waals surface area contributed by atoms with Crippen molar-refractivity contribution in [2.24, 2.45) is 0 Å². The van der Waals surface area contributed by atoms with Gasteiger partial charge in [0.05, 0.1) is 0 Å². The molecule has 0 unspecified atom stereocenters. The highest BCUT2D eigenvalue weighted by molar-refractivity contribution is 6.33. The van der Waals surface area contributed by atoms with Gasteiger partial charge in [0, 0.05) is 6.42 Å². The molecule has 0 atom stereocenters. The van der Waals surface area contributed by atoms with Crippen LogP contribution in [0, 0.1) is 0 Å². The van der Waals surface area contributed by atoms with Gasteiger partial charge in [-0.2, -0.15) is 0 Å². The average molecular weight is 210 g/mol. The Morgan fingerprint density at radius 3 is 2.33 bits per heavy atom. The van der Waals surface area contributed by atoms with Crippen LogP contribution < -0.4 is 4.65 Å². The lowest BCUT2D eigenvalue weighted by Crippen LogP contribution is -2.20. The van der Waals surface area contributed by atoms with Gasteiger partial charge in [-0.3, -0.25) is 4.79 Å². The summed E-state index contributed by atoms with van der Waals surface area (Å²) in [5.41, 5.74) is 0.858. The Morgan fingerprint density at radius 2 is 1.87 bits per heavy atom. The molecule has 1 rings (SSSR count). The molecule has 0 saturated heterocycles. The number of hydrogen-bond donors (Lipinski definition) is 3. The summed E-state index contributed by atoms with van der Waals surface area (Å²) in [6.07, 6.45) is 0.514. The fraction of sp³-hybridized carbons (Fsp3) is 0.222. The SMILES string of the molecule is O=C(O)CCc1ccc(OB(O)O)cc1. The van der Waals surface area contributed by atoms with Crippen molar-refractivity contribution in [1.29, 1.82) is 0 Å². The maximum Gasteiger partial charge on any atom is 0.707 e. The Hall–Kier alpha value is -1.53. The first-order chi connectivity index (χ1) is 7.08. The summed E-state index contributed by atoms with van der Waals surface area (Å²) in [6, 6.07) is 6.47. The maximum absolute atomic E-state index is 10.3. The van der Waals surface area contributed by atoms with Crippen molar-refractivity contribution in [3.05, 3.63) is 29.8 Å². The van der Waals surface area contributed by atoms with Crippen molar-refractivity contribution in [3.8, 4) is 5.75 Å². The third-order valence-corrected chi connectivity index (χ3v) is 1.79. The van der Waals surface area contributed by atoms with Gasteiger partial charge in [-0.05, 0) is 24.1 Å². The van der Waals surface area contributed by atoms with E-state index in [0.717, 1.165) is 5.56 Å². The second-order valence-electron chi connectivity index (χ2n) is 2.98. The molecule has 15 heavy (non-hydrogen) atoms. The van der Waals surface area contributed by atoms with E-state index >= 15 is 0 Å². The molecule has 0 radical (unpaired) electrons. The van der Waals surface area contributed by atoms with E-state index in [1.807, 2.05) is 0 Å². The first-order valence-electron chi connectivity index (χ1n) is 4.41. The molecule has 0 heterocycles. The molecule has 1 aromatic carbocycles. The van der Waals surface area contributed by atoms with Crippen molar-refractivity contribution in [2.75, 3.05) is 0 Å². The number of aryl methyl sites for hydroxylation is 1. The van der Waals surface area contributed by atoms with Crippen LogP contribution in [0.3, 0.4) is 0 Å². The average Bonchev–Trinajstić information content (AvgIpc) is 2.16. The summed E-state index contributed by atoms with van der Waals surface area (Å²) in [4.78, 5) is 10.3. The van der Waals surface area contributed by atoms with Crippen LogP contribution in [-0.4, -0.2) is 28.4 Å². The van der Waals surface area contributed by atoms with Gasteiger partial charge in [0.2, 0.25) is 0 Å². The smallest absolute Gasteiger partial charge is 0.512 e.